The summed E-state index contributed by atoms with van der Waals surface area (Å²) >= 11 is 0. The molecule has 5 rings (SSSR count). The number of benzene rings is 1. The standard InChI is InChI=1S/C28H41N5O4/c29-16-20-2-1-3-21(14-20)17-30-27(34)26-15-25(12-13-31(26)28(35)22-6-7-22)32(23-10-11-23)18-19-4-8-24(9-5-19)33(36)37/h4-5,8-9,20-23,25-26H,1-3,6-7,10-18,29H2,(H,30,34)/t20?,21?,25?,26-/m1/s1. The van der Waals surface area contributed by atoms with Gasteiger partial charge in [-0.05, 0) is 81.7 Å². The van der Waals surface area contributed by atoms with Crippen molar-refractivity contribution in [1.82, 2.24) is 15.1 Å². The minimum absolute atomic E-state index is 0.0142. The largest absolute Gasteiger partial charge is 0.354 e. The maximum atomic E-state index is 13.6. The molecule has 1 aromatic carbocycles. The van der Waals surface area contributed by atoms with Crippen molar-refractivity contribution in [3.63, 3.8) is 0 Å². The van der Waals surface area contributed by atoms with Gasteiger partial charge in [-0.25, -0.2) is 0 Å². The van der Waals surface area contributed by atoms with Gasteiger partial charge in [0, 0.05) is 49.8 Å². The highest BCUT2D eigenvalue weighted by Crippen LogP contribution is 2.37. The maximum Gasteiger partial charge on any atom is 0.269 e. The first-order chi connectivity index (χ1) is 17.9. The molecule has 1 aliphatic heterocycles. The van der Waals surface area contributed by atoms with Crippen LogP contribution in [-0.4, -0.2) is 64.3 Å². The number of hydrogen-bond acceptors (Lipinski definition) is 6. The zero-order chi connectivity index (χ0) is 25.9. The van der Waals surface area contributed by atoms with Crippen molar-refractivity contribution in [2.75, 3.05) is 19.6 Å². The molecule has 3 saturated carbocycles. The molecule has 3 aliphatic carbocycles. The van der Waals surface area contributed by atoms with Gasteiger partial charge in [-0.1, -0.05) is 18.6 Å². The molecule has 0 radical (unpaired) electrons. The molecule has 4 atom stereocenters. The van der Waals surface area contributed by atoms with Crippen molar-refractivity contribution in [3.8, 4) is 0 Å². The fraction of sp³-hybridized carbons (Fsp3) is 0.714. The van der Waals surface area contributed by atoms with Crippen molar-refractivity contribution >= 4 is 17.5 Å². The molecule has 9 nitrogen and oxygen atoms in total. The number of amides is 2. The Morgan fingerprint density at radius 1 is 1.00 bits per heavy atom. The van der Waals surface area contributed by atoms with Crippen LogP contribution in [0.1, 0.15) is 69.8 Å². The number of nitro groups is 1. The topological polar surface area (TPSA) is 122 Å². The monoisotopic (exact) mass is 511 g/mol. The second-order valence-electron chi connectivity index (χ2n) is 11.7. The normalized spacial score (nSPS) is 28.2. The summed E-state index contributed by atoms with van der Waals surface area (Å²) in [4.78, 5) is 41.7. The van der Waals surface area contributed by atoms with Crippen LogP contribution in [0.5, 0.6) is 0 Å². The number of nitrogens with two attached hydrogens (primary N) is 1. The van der Waals surface area contributed by atoms with E-state index in [9.17, 15) is 19.7 Å². The third-order valence-corrected chi connectivity index (χ3v) is 8.87. The average molecular weight is 512 g/mol. The van der Waals surface area contributed by atoms with Crippen LogP contribution in [0.15, 0.2) is 24.3 Å². The van der Waals surface area contributed by atoms with Gasteiger partial charge in [0.25, 0.3) is 5.69 Å². The van der Waals surface area contributed by atoms with E-state index in [0.717, 1.165) is 50.5 Å². The first kappa shape index (κ1) is 26.1. The van der Waals surface area contributed by atoms with Crippen LogP contribution in [0.25, 0.3) is 0 Å². The number of nitro benzene ring substituents is 1. The third-order valence-electron chi connectivity index (χ3n) is 8.87. The predicted octanol–water partition coefficient (Wildman–Crippen LogP) is 3.21. The number of carbonyl (C=O) groups excluding carboxylic acids is 2. The molecule has 3 N–H and O–H groups in total. The number of piperidine rings is 1. The number of likely N-dealkylation sites (tertiary alicyclic amines) is 1. The Balaban J connectivity index is 1.26. The van der Waals surface area contributed by atoms with Crippen molar-refractivity contribution in [2.24, 2.45) is 23.5 Å². The molecule has 0 aromatic heterocycles. The molecule has 2 amide bonds. The van der Waals surface area contributed by atoms with Gasteiger partial charge in [-0.15, -0.1) is 0 Å². The summed E-state index contributed by atoms with van der Waals surface area (Å²) in [5.74, 6) is 1.24. The lowest BCUT2D eigenvalue weighted by atomic mass is 9.81. The lowest BCUT2D eigenvalue weighted by molar-refractivity contribution is -0.384. The van der Waals surface area contributed by atoms with Gasteiger partial charge in [0.15, 0.2) is 0 Å². The Bertz CT molecular complexity index is 977. The second-order valence-corrected chi connectivity index (χ2v) is 11.7. The van der Waals surface area contributed by atoms with Crippen molar-refractivity contribution in [1.29, 1.82) is 0 Å². The van der Waals surface area contributed by atoms with Crippen LogP contribution in [-0.2, 0) is 16.1 Å². The van der Waals surface area contributed by atoms with Crippen LogP contribution >= 0.6 is 0 Å². The van der Waals surface area contributed by atoms with E-state index in [1.807, 2.05) is 17.0 Å². The molecule has 202 valence electrons. The first-order valence-corrected chi connectivity index (χ1v) is 14.2. The van der Waals surface area contributed by atoms with E-state index in [2.05, 4.69) is 10.2 Å². The summed E-state index contributed by atoms with van der Waals surface area (Å²) in [7, 11) is 0. The third kappa shape index (κ3) is 6.49. The predicted molar refractivity (Wildman–Crippen MR) is 140 cm³/mol. The Kier molecular flexibility index (Phi) is 8.09. The highest BCUT2D eigenvalue weighted by atomic mass is 16.6. The summed E-state index contributed by atoms with van der Waals surface area (Å²) in [5, 5.41) is 14.3. The van der Waals surface area contributed by atoms with Crippen molar-refractivity contribution in [2.45, 2.75) is 88.9 Å². The Morgan fingerprint density at radius 3 is 2.38 bits per heavy atom. The molecule has 0 bridgehead atoms. The van der Waals surface area contributed by atoms with Gasteiger partial charge in [0.2, 0.25) is 11.8 Å². The number of non-ortho nitro benzene ring substituents is 1. The van der Waals surface area contributed by atoms with Crippen LogP contribution in [0, 0.1) is 27.9 Å². The lowest BCUT2D eigenvalue weighted by Gasteiger charge is -2.43. The molecule has 1 saturated heterocycles. The summed E-state index contributed by atoms with van der Waals surface area (Å²) < 4.78 is 0. The quantitative estimate of drug-likeness (QED) is 0.367. The highest BCUT2D eigenvalue weighted by Gasteiger charge is 2.45. The Morgan fingerprint density at radius 2 is 1.73 bits per heavy atom. The van der Waals surface area contributed by atoms with Gasteiger partial charge in [-0.2, -0.15) is 0 Å². The summed E-state index contributed by atoms with van der Waals surface area (Å²) in [6.07, 6.45) is 10.2. The molecule has 4 aliphatic rings. The first-order valence-electron chi connectivity index (χ1n) is 14.2. The summed E-state index contributed by atoms with van der Waals surface area (Å²) in [6, 6.07) is 7.05. The van der Waals surface area contributed by atoms with E-state index in [0.29, 0.717) is 50.5 Å². The zero-order valence-corrected chi connectivity index (χ0v) is 21.7. The summed E-state index contributed by atoms with van der Waals surface area (Å²) in [5.41, 5.74) is 7.05. The van der Waals surface area contributed by atoms with Gasteiger partial charge >= 0.3 is 0 Å². The average Bonchev–Trinajstić information content (AvgIpc) is 3.84. The summed E-state index contributed by atoms with van der Waals surface area (Å²) in [6.45, 7) is 2.70. The van der Waals surface area contributed by atoms with E-state index in [1.54, 1.807) is 12.1 Å². The number of nitrogens with zero attached hydrogens (tertiary/aromatic N) is 3. The fourth-order valence-electron chi connectivity index (χ4n) is 6.39. The van der Waals surface area contributed by atoms with Crippen LogP contribution in [0.4, 0.5) is 5.69 Å². The SMILES string of the molecule is NCC1CCCC(CNC(=O)[C@H]2CC(N(Cc3ccc([N+](=O)[O-])cc3)C3CC3)CCN2C(=O)C2CC2)C1. The zero-order valence-electron chi connectivity index (χ0n) is 21.7. The van der Waals surface area contributed by atoms with Crippen LogP contribution < -0.4 is 11.1 Å². The Hall–Kier alpha value is -2.52. The highest BCUT2D eigenvalue weighted by molar-refractivity contribution is 5.89. The van der Waals surface area contributed by atoms with Crippen molar-refractivity contribution < 1.29 is 14.5 Å². The van der Waals surface area contributed by atoms with Gasteiger partial charge in [0.05, 0.1) is 4.92 Å². The van der Waals surface area contributed by atoms with Gasteiger partial charge in [0.1, 0.15) is 6.04 Å². The molecule has 1 heterocycles. The molecular weight excluding hydrogens is 470 g/mol. The minimum atomic E-state index is -0.432. The molecule has 9 heteroatoms. The van der Waals surface area contributed by atoms with E-state index >= 15 is 0 Å². The van der Waals surface area contributed by atoms with Crippen molar-refractivity contribution in [3.05, 3.63) is 39.9 Å². The Labute approximate surface area is 219 Å². The molecule has 3 unspecified atom stereocenters. The smallest absolute Gasteiger partial charge is 0.269 e. The van der Waals surface area contributed by atoms with Crippen LogP contribution in [0.2, 0.25) is 0 Å². The molecular formula is C28H41N5O4. The van der Waals surface area contributed by atoms with Crippen LogP contribution in [0.3, 0.4) is 0 Å². The van der Waals surface area contributed by atoms with E-state index in [1.165, 1.54) is 12.8 Å². The van der Waals surface area contributed by atoms with Gasteiger partial charge in [-0.3, -0.25) is 24.6 Å². The number of hydrogen-bond donors (Lipinski definition) is 2. The molecule has 37 heavy (non-hydrogen) atoms. The number of rotatable bonds is 10. The number of nitrogens with one attached hydrogen (secondary N) is 1. The maximum absolute atomic E-state index is 13.6. The second kappa shape index (κ2) is 11.5. The fourth-order valence-corrected chi connectivity index (χ4v) is 6.39. The number of carbonyl (C=O) groups is 2. The molecule has 0 spiro atoms. The minimum Gasteiger partial charge on any atom is -0.354 e. The molecule has 4 fully saturated rings. The van der Waals surface area contributed by atoms with E-state index < -0.39 is 6.04 Å². The van der Waals surface area contributed by atoms with E-state index in [-0.39, 0.29) is 34.4 Å². The molecule has 1 aromatic rings. The van der Waals surface area contributed by atoms with Gasteiger partial charge < -0.3 is 16.0 Å². The lowest BCUT2D eigenvalue weighted by Crippen LogP contribution is -2.58. The van der Waals surface area contributed by atoms with E-state index in [4.69, 9.17) is 5.73 Å².